The van der Waals surface area contributed by atoms with Gasteiger partial charge in [-0.3, -0.25) is 14.9 Å². The van der Waals surface area contributed by atoms with E-state index in [-0.39, 0.29) is 17.6 Å². The predicted molar refractivity (Wildman–Crippen MR) is 107 cm³/mol. The van der Waals surface area contributed by atoms with E-state index >= 15 is 0 Å². The molecule has 5 nitrogen and oxygen atoms in total. The molecule has 0 saturated heterocycles. The van der Waals surface area contributed by atoms with E-state index in [9.17, 15) is 9.59 Å². The van der Waals surface area contributed by atoms with Gasteiger partial charge in [0.1, 0.15) is 0 Å². The van der Waals surface area contributed by atoms with Gasteiger partial charge in [0.2, 0.25) is 5.91 Å². The molecule has 0 atom stereocenters. The number of carbonyl (C=O) groups is 2. The van der Waals surface area contributed by atoms with Gasteiger partial charge in [-0.1, -0.05) is 29.8 Å². The van der Waals surface area contributed by atoms with E-state index in [2.05, 4.69) is 15.6 Å². The zero-order valence-corrected chi connectivity index (χ0v) is 15.7. The summed E-state index contributed by atoms with van der Waals surface area (Å²) in [6, 6.07) is 14.9. The monoisotopic (exact) mass is 383 g/mol. The average molecular weight is 383 g/mol. The first-order valence-electron chi connectivity index (χ1n) is 7.91. The van der Waals surface area contributed by atoms with Crippen molar-refractivity contribution in [3.05, 3.63) is 71.2 Å². The Morgan fingerprint density at radius 1 is 1.08 bits per heavy atom. The lowest BCUT2D eigenvalue weighted by Gasteiger charge is -2.10. The lowest BCUT2D eigenvalue weighted by molar-refractivity contribution is -0.113. The molecule has 26 heavy (non-hydrogen) atoms. The molecule has 2 N–H and O–H groups in total. The van der Waals surface area contributed by atoms with Gasteiger partial charge in [0, 0.05) is 16.5 Å². The Bertz CT molecular complexity index is 893. The predicted octanol–water partition coefficient (Wildman–Crippen LogP) is 4.43. The van der Waals surface area contributed by atoms with Gasteiger partial charge in [0.25, 0.3) is 5.91 Å². The maximum Gasteiger partial charge on any atom is 0.259 e. The van der Waals surface area contributed by atoms with Crippen LogP contribution in [0.15, 0.2) is 65.0 Å². The Morgan fingerprint density at radius 2 is 1.85 bits per heavy atom. The van der Waals surface area contributed by atoms with Crippen LogP contribution in [0.5, 0.6) is 0 Å². The molecule has 1 aromatic heterocycles. The van der Waals surface area contributed by atoms with Crippen LogP contribution in [0.3, 0.4) is 0 Å². The number of nitrogens with one attached hydrogen (secondary N) is 2. The number of carbonyl (C=O) groups excluding carboxylic acids is 2. The fourth-order valence-electron chi connectivity index (χ4n) is 2.21. The Morgan fingerprint density at radius 3 is 2.58 bits per heavy atom. The van der Waals surface area contributed by atoms with Crippen LogP contribution in [0.4, 0.5) is 10.8 Å². The summed E-state index contributed by atoms with van der Waals surface area (Å²) in [5.74, 6) is -0.196. The van der Waals surface area contributed by atoms with Crippen molar-refractivity contribution >= 4 is 45.7 Å². The molecular weight excluding hydrogens is 366 g/mol. The molecule has 0 aliphatic rings. The third-order valence-corrected chi connectivity index (χ3v) is 5.19. The first-order valence-corrected chi connectivity index (χ1v) is 9.77. The fourth-order valence-corrected chi connectivity index (χ4v) is 3.43. The number of benzene rings is 2. The van der Waals surface area contributed by atoms with E-state index < -0.39 is 0 Å². The maximum atomic E-state index is 12.4. The normalized spacial score (nSPS) is 10.3. The van der Waals surface area contributed by atoms with Crippen LogP contribution in [0.1, 0.15) is 15.9 Å². The lowest BCUT2D eigenvalue weighted by Crippen LogP contribution is -2.19. The Balaban J connectivity index is 1.62. The van der Waals surface area contributed by atoms with Gasteiger partial charge in [0.15, 0.2) is 5.13 Å². The summed E-state index contributed by atoms with van der Waals surface area (Å²) < 4.78 is 0. The third kappa shape index (κ3) is 4.93. The van der Waals surface area contributed by atoms with Crippen molar-refractivity contribution in [2.45, 2.75) is 11.8 Å². The average Bonchev–Trinajstić information content (AvgIpc) is 3.14. The summed E-state index contributed by atoms with van der Waals surface area (Å²) in [6.07, 6.45) is 1.62. The summed E-state index contributed by atoms with van der Waals surface area (Å²) in [5, 5.41) is 7.84. The van der Waals surface area contributed by atoms with E-state index in [4.69, 9.17) is 0 Å². The van der Waals surface area contributed by atoms with E-state index in [1.165, 1.54) is 28.7 Å². The van der Waals surface area contributed by atoms with Gasteiger partial charge in [-0.15, -0.1) is 23.1 Å². The van der Waals surface area contributed by atoms with Crippen LogP contribution in [0.2, 0.25) is 0 Å². The number of nitrogens with zero attached hydrogens (tertiary/aromatic N) is 1. The fraction of sp³-hybridized carbons (Fsp3) is 0.105. The van der Waals surface area contributed by atoms with Crippen LogP contribution in [-0.4, -0.2) is 22.6 Å². The minimum Gasteiger partial charge on any atom is -0.325 e. The minimum absolute atomic E-state index is 0.162. The van der Waals surface area contributed by atoms with Crippen LogP contribution in [-0.2, 0) is 4.79 Å². The summed E-state index contributed by atoms with van der Waals surface area (Å²) in [5.41, 5.74) is 2.06. The van der Waals surface area contributed by atoms with Crippen molar-refractivity contribution in [1.29, 1.82) is 0 Å². The van der Waals surface area contributed by atoms with Crippen LogP contribution >= 0.6 is 23.1 Å². The van der Waals surface area contributed by atoms with E-state index in [1.807, 2.05) is 31.2 Å². The second-order valence-corrected chi connectivity index (χ2v) is 7.43. The Kier molecular flexibility index (Phi) is 6.04. The quantitative estimate of drug-likeness (QED) is 0.618. The van der Waals surface area contributed by atoms with Gasteiger partial charge in [-0.2, -0.15) is 0 Å². The number of hydrogen-bond acceptors (Lipinski definition) is 5. The van der Waals surface area contributed by atoms with Crippen molar-refractivity contribution in [2.24, 2.45) is 0 Å². The van der Waals surface area contributed by atoms with Gasteiger partial charge in [-0.05, 0) is 31.2 Å². The molecule has 0 aliphatic carbocycles. The molecule has 0 saturated carbocycles. The second-order valence-electron chi connectivity index (χ2n) is 5.49. The highest BCUT2D eigenvalue weighted by atomic mass is 32.2. The SMILES string of the molecule is Cc1ccc(SCC(=O)Nc2ccccc2C(=O)Nc2nccs2)cc1. The molecule has 1 heterocycles. The van der Waals surface area contributed by atoms with Crippen LogP contribution < -0.4 is 10.6 Å². The Hall–Kier alpha value is -2.64. The van der Waals surface area contributed by atoms with Crippen molar-refractivity contribution < 1.29 is 9.59 Å². The molecule has 2 aromatic carbocycles. The number of thioether (sulfide) groups is 1. The molecule has 3 rings (SSSR count). The van der Waals surface area contributed by atoms with Crippen molar-refractivity contribution in [3.63, 3.8) is 0 Å². The summed E-state index contributed by atoms with van der Waals surface area (Å²) >= 11 is 2.79. The largest absolute Gasteiger partial charge is 0.325 e. The summed E-state index contributed by atoms with van der Waals surface area (Å²) in [7, 11) is 0. The highest BCUT2D eigenvalue weighted by Crippen LogP contribution is 2.21. The van der Waals surface area contributed by atoms with Gasteiger partial charge < -0.3 is 5.32 Å². The molecular formula is C19H17N3O2S2. The molecule has 0 spiro atoms. The molecule has 0 aliphatic heterocycles. The molecule has 0 bridgehead atoms. The highest BCUT2D eigenvalue weighted by Gasteiger charge is 2.14. The number of rotatable bonds is 6. The van der Waals surface area contributed by atoms with Gasteiger partial charge >= 0.3 is 0 Å². The van der Waals surface area contributed by atoms with Crippen molar-refractivity contribution in [1.82, 2.24) is 4.98 Å². The van der Waals surface area contributed by atoms with E-state index in [1.54, 1.807) is 35.8 Å². The third-order valence-electron chi connectivity index (χ3n) is 3.49. The van der Waals surface area contributed by atoms with E-state index in [0.717, 1.165) is 4.90 Å². The summed E-state index contributed by atoms with van der Waals surface area (Å²) in [6.45, 7) is 2.02. The topological polar surface area (TPSA) is 71.1 Å². The number of aromatic nitrogens is 1. The molecule has 7 heteroatoms. The zero-order chi connectivity index (χ0) is 18.4. The van der Waals surface area contributed by atoms with Crippen LogP contribution in [0, 0.1) is 6.92 Å². The van der Waals surface area contributed by atoms with Gasteiger partial charge in [-0.25, -0.2) is 4.98 Å². The smallest absolute Gasteiger partial charge is 0.259 e. The zero-order valence-electron chi connectivity index (χ0n) is 14.1. The first-order chi connectivity index (χ1) is 12.6. The number of hydrogen-bond donors (Lipinski definition) is 2. The van der Waals surface area contributed by atoms with Gasteiger partial charge in [0.05, 0.1) is 17.0 Å². The molecule has 2 amide bonds. The molecule has 0 unspecified atom stereocenters. The molecule has 0 radical (unpaired) electrons. The number of para-hydroxylation sites is 1. The number of anilines is 2. The van der Waals surface area contributed by atoms with E-state index in [0.29, 0.717) is 16.4 Å². The van der Waals surface area contributed by atoms with Crippen molar-refractivity contribution in [3.8, 4) is 0 Å². The molecule has 0 fully saturated rings. The second kappa shape index (κ2) is 8.64. The number of amides is 2. The number of aryl methyl sites for hydroxylation is 1. The summed E-state index contributed by atoms with van der Waals surface area (Å²) in [4.78, 5) is 29.8. The first kappa shape index (κ1) is 18.2. The standard InChI is InChI=1S/C19H17N3O2S2/c1-13-6-8-14(9-7-13)26-12-17(23)21-16-5-3-2-4-15(16)18(24)22-19-20-10-11-25-19/h2-11H,12H2,1H3,(H,21,23)(H,20,22,24). The maximum absolute atomic E-state index is 12.4. The minimum atomic E-state index is -0.304. The van der Waals surface area contributed by atoms with Crippen molar-refractivity contribution in [2.75, 3.05) is 16.4 Å². The lowest BCUT2D eigenvalue weighted by atomic mass is 10.1. The number of thiazole rings is 1. The highest BCUT2D eigenvalue weighted by molar-refractivity contribution is 8.00. The van der Waals surface area contributed by atoms with Crippen LogP contribution in [0.25, 0.3) is 0 Å². The molecule has 132 valence electrons. The Labute approximate surface area is 159 Å². The molecule has 3 aromatic rings.